The van der Waals surface area contributed by atoms with Crippen LogP contribution in [-0.4, -0.2) is 11.9 Å². The Hall–Kier alpha value is -0.190. The molecule has 1 rings (SSSR count). The topological polar surface area (TPSA) is 12.0 Å². The molecule has 0 aliphatic rings. The molecule has 1 aromatic carbocycles. The maximum Gasteiger partial charge on any atom is 0.144 e. The third kappa shape index (κ3) is 3.40. The summed E-state index contributed by atoms with van der Waals surface area (Å²) >= 11 is 8.71. The van der Waals surface area contributed by atoms with Crippen LogP contribution in [0.2, 0.25) is 0 Å². The van der Waals surface area contributed by atoms with Gasteiger partial charge >= 0.3 is 0 Å². The van der Waals surface area contributed by atoms with E-state index >= 15 is 0 Å². The van der Waals surface area contributed by atoms with Gasteiger partial charge in [0.15, 0.2) is 0 Å². The number of hydrogen-bond acceptors (Lipinski definition) is 1. The lowest BCUT2D eigenvalue weighted by molar-refractivity contribution is 0.493. The monoisotopic (exact) mass is 311 g/mol. The zero-order chi connectivity index (χ0) is 12.1. The summed E-state index contributed by atoms with van der Waals surface area (Å²) in [5.41, 5.74) is 0.0398. The number of nitrogens with one attached hydrogen (secondary N) is 1. The van der Waals surface area contributed by atoms with E-state index in [-0.39, 0.29) is 22.6 Å². The molecule has 90 valence electrons. The summed E-state index contributed by atoms with van der Waals surface area (Å²) in [7, 11) is 0. The van der Waals surface area contributed by atoms with Gasteiger partial charge < -0.3 is 5.32 Å². The summed E-state index contributed by atoms with van der Waals surface area (Å²) in [5.74, 6) is -0.678. The van der Waals surface area contributed by atoms with Crippen LogP contribution in [0.15, 0.2) is 16.6 Å². The van der Waals surface area contributed by atoms with Crippen molar-refractivity contribution in [3.05, 3.63) is 33.8 Å². The summed E-state index contributed by atoms with van der Waals surface area (Å²) in [6.07, 6.45) is 0.820. The Morgan fingerprint density at radius 1 is 1.44 bits per heavy atom. The minimum absolute atomic E-state index is 0.0398. The number of hydrogen-bond donors (Lipinski definition) is 1. The van der Waals surface area contributed by atoms with E-state index in [4.69, 9.17) is 11.6 Å². The number of alkyl halides is 1. The maximum absolute atomic E-state index is 13.6. The number of rotatable bonds is 5. The largest absolute Gasteiger partial charge is 0.309 e. The van der Waals surface area contributed by atoms with E-state index in [2.05, 4.69) is 21.2 Å². The molecule has 0 saturated carbocycles. The Labute approximate surface area is 107 Å². The first-order valence-electron chi connectivity index (χ1n) is 5.01. The van der Waals surface area contributed by atoms with Crippen molar-refractivity contribution in [2.45, 2.75) is 25.9 Å². The average molecular weight is 313 g/mol. The van der Waals surface area contributed by atoms with Crippen molar-refractivity contribution >= 4 is 27.5 Å². The number of halogens is 4. The van der Waals surface area contributed by atoms with Crippen LogP contribution in [0.3, 0.4) is 0 Å². The van der Waals surface area contributed by atoms with Gasteiger partial charge in [-0.2, -0.15) is 0 Å². The van der Waals surface area contributed by atoms with Crippen LogP contribution in [0, 0.1) is 11.6 Å². The quantitative estimate of drug-likeness (QED) is 0.643. The Morgan fingerprint density at radius 2 is 2.12 bits per heavy atom. The highest BCUT2D eigenvalue weighted by molar-refractivity contribution is 9.10. The highest BCUT2D eigenvalue weighted by Gasteiger charge is 2.13. The second kappa shape index (κ2) is 6.52. The summed E-state index contributed by atoms with van der Waals surface area (Å²) in [4.78, 5) is 0. The van der Waals surface area contributed by atoms with Gasteiger partial charge in [-0.1, -0.05) is 6.92 Å². The number of benzene rings is 1. The van der Waals surface area contributed by atoms with Crippen molar-refractivity contribution in [1.29, 1.82) is 0 Å². The minimum atomic E-state index is -0.558. The van der Waals surface area contributed by atoms with Crippen molar-refractivity contribution in [3.63, 3.8) is 0 Å². The zero-order valence-electron chi connectivity index (χ0n) is 8.87. The fourth-order valence-electron chi connectivity index (χ4n) is 1.29. The second-order valence-corrected chi connectivity index (χ2v) is 4.63. The molecule has 1 nitrogen and oxygen atoms in total. The molecule has 5 heteroatoms. The van der Waals surface area contributed by atoms with E-state index < -0.39 is 11.6 Å². The van der Waals surface area contributed by atoms with Crippen LogP contribution in [0.5, 0.6) is 0 Å². The van der Waals surface area contributed by atoms with Crippen LogP contribution in [0.1, 0.15) is 18.9 Å². The fraction of sp³-hybridized carbons (Fsp3) is 0.455. The molecule has 0 saturated heterocycles. The van der Waals surface area contributed by atoms with Gasteiger partial charge in [0.2, 0.25) is 0 Å². The van der Waals surface area contributed by atoms with E-state index in [0.29, 0.717) is 5.88 Å². The fourth-order valence-corrected chi connectivity index (χ4v) is 1.98. The molecule has 0 bridgehead atoms. The smallest absolute Gasteiger partial charge is 0.144 e. The summed E-state index contributed by atoms with van der Waals surface area (Å²) < 4.78 is 27.2. The van der Waals surface area contributed by atoms with Crippen LogP contribution < -0.4 is 5.32 Å². The molecular formula is C11H13BrClF2N. The summed E-state index contributed by atoms with van der Waals surface area (Å²) in [5, 5.41) is 3.01. The molecule has 0 radical (unpaired) electrons. The molecule has 0 aromatic heterocycles. The molecule has 1 aromatic rings. The maximum atomic E-state index is 13.6. The molecule has 1 N–H and O–H groups in total. The van der Waals surface area contributed by atoms with Gasteiger partial charge in [-0.05, 0) is 34.5 Å². The molecule has 0 spiro atoms. The first-order chi connectivity index (χ1) is 7.60. The third-order valence-electron chi connectivity index (χ3n) is 2.39. The lowest BCUT2D eigenvalue weighted by Gasteiger charge is -2.14. The van der Waals surface area contributed by atoms with Crippen LogP contribution in [0.25, 0.3) is 0 Å². The first-order valence-corrected chi connectivity index (χ1v) is 6.34. The summed E-state index contributed by atoms with van der Waals surface area (Å²) in [6.45, 7) is 2.11. The predicted octanol–water partition coefficient (Wildman–Crippen LogP) is 3.83. The van der Waals surface area contributed by atoms with Crippen molar-refractivity contribution in [3.8, 4) is 0 Å². The van der Waals surface area contributed by atoms with Crippen molar-refractivity contribution < 1.29 is 8.78 Å². The van der Waals surface area contributed by atoms with Gasteiger partial charge in [-0.3, -0.25) is 0 Å². The van der Waals surface area contributed by atoms with Gasteiger partial charge in [0.25, 0.3) is 0 Å². The van der Waals surface area contributed by atoms with Gasteiger partial charge in [0.1, 0.15) is 11.6 Å². The molecule has 1 unspecified atom stereocenters. The molecule has 16 heavy (non-hydrogen) atoms. The first kappa shape index (κ1) is 13.9. The van der Waals surface area contributed by atoms with E-state index in [9.17, 15) is 8.78 Å². The van der Waals surface area contributed by atoms with Gasteiger partial charge in [-0.25, -0.2) is 8.78 Å². The SMILES string of the molecule is CCC(CCl)NCc1c(F)ccc(Br)c1F. The molecule has 0 heterocycles. The van der Waals surface area contributed by atoms with Gasteiger partial charge in [0, 0.05) is 24.0 Å². The van der Waals surface area contributed by atoms with Gasteiger partial charge in [0.05, 0.1) is 4.47 Å². The molecule has 0 amide bonds. The summed E-state index contributed by atoms with van der Waals surface area (Å²) in [6, 6.07) is 2.67. The van der Waals surface area contributed by atoms with Crippen LogP contribution in [-0.2, 0) is 6.54 Å². The second-order valence-electron chi connectivity index (χ2n) is 3.46. The van der Waals surface area contributed by atoms with Crippen molar-refractivity contribution in [1.82, 2.24) is 5.32 Å². The van der Waals surface area contributed by atoms with E-state index in [1.54, 1.807) is 0 Å². The van der Waals surface area contributed by atoms with Crippen molar-refractivity contribution in [2.75, 3.05) is 5.88 Å². The van der Waals surface area contributed by atoms with E-state index in [1.807, 2.05) is 6.92 Å². The van der Waals surface area contributed by atoms with E-state index in [0.717, 1.165) is 6.42 Å². The average Bonchev–Trinajstić information content (AvgIpc) is 2.29. The normalized spacial score (nSPS) is 12.8. The Morgan fingerprint density at radius 3 is 2.69 bits per heavy atom. The molecule has 0 aliphatic carbocycles. The highest BCUT2D eigenvalue weighted by Crippen LogP contribution is 2.21. The Bertz CT molecular complexity index is 356. The standard InChI is InChI=1S/C11H13BrClF2N/c1-2-7(5-13)16-6-8-10(14)4-3-9(12)11(8)15/h3-4,7,16H,2,5-6H2,1H3. The zero-order valence-corrected chi connectivity index (χ0v) is 11.2. The molecular weight excluding hydrogens is 299 g/mol. The molecule has 0 fully saturated rings. The highest BCUT2D eigenvalue weighted by atomic mass is 79.9. The predicted molar refractivity (Wildman–Crippen MR) is 65.7 cm³/mol. The lowest BCUT2D eigenvalue weighted by Crippen LogP contribution is -2.30. The minimum Gasteiger partial charge on any atom is -0.309 e. The van der Waals surface area contributed by atoms with Crippen LogP contribution >= 0.6 is 27.5 Å². The molecule has 0 aliphatic heterocycles. The van der Waals surface area contributed by atoms with Crippen LogP contribution in [0.4, 0.5) is 8.78 Å². The Balaban J connectivity index is 2.77. The van der Waals surface area contributed by atoms with Crippen molar-refractivity contribution in [2.24, 2.45) is 0 Å². The van der Waals surface area contributed by atoms with Gasteiger partial charge in [-0.15, -0.1) is 11.6 Å². The third-order valence-corrected chi connectivity index (χ3v) is 3.37. The molecule has 1 atom stereocenters. The Kier molecular flexibility index (Phi) is 5.66. The lowest BCUT2D eigenvalue weighted by atomic mass is 10.1. The van der Waals surface area contributed by atoms with E-state index in [1.165, 1.54) is 12.1 Å².